The minimum atomic E-state index is -1.23. The highest BCUT2D eigenvalue weighted by Crippen LogP contribution is 2.33. The number of carbonyl (C=O) groups excluding carboxylic acids is 1. The number of benzene rings is 1. The van der Waals surface area contributed by atoms with Crippen LogP contribution in [0.2, 0.25) is 0 Å². The molecule has 1 aromatic rings. The number of fused-ring (bicyclic) bond motifs is 1. The van der Waals surface area contributed by atoms with Crippen LogP contribution in [0.4, 0.5) is 0 Å². The molecule has 0 fully saturated rings. The first-order chi connectivity index (χ1) is 9.08. The average molecular weight is 267 g/mol. The van der Waals surface area contributed by atoms with Crippen LogP contribution >= 0.6 is 0 Å². The van der Waals surface area contributed by atoms with Crippen LogP contribution in [0.3, 0.4) is 0 Å². The zero-order valence-corrected chi connectivity index (χ0v) is 10.4. The van der Waals surface area contributed by atoms with Crippen LogP contribution < -0.4 is 15.2 Å². The van der Waals surface area contributed by atoms with Crippen molar-refractivity contribution >= 4 is 5.91 Å². The molecule has 0 saturated carbocycles. The molecule has 1 aromatic carbocycles. The zero-order valence-electron chi connectivity index (χ0n) is 10.4. The Morgan fingerprint density at radius 3 is 2.63 bits per heavy atom. The summed E-state index contributed by atoms with van der Waals surface area (Å²) in [5.74, 6) is 0.471. The van der Waals surface area contributed by atoms with Gasteiger partial charge in [0.1, 0.15) is 6.10 Å². The fraction of sp³-hybridized carbons (Fsp3) is 0.462. The Balaban J connectivity index is 2.16. The van der Waals surface area contributed by atoms with Gasteiger partial charge in [-0.1, -0.05) is 6.07 Å². The third-order valence-corrected chi connectivity index (χ3v) is 2.89. The highest BCUT2D eigenvalue weighted by atomic mass is 16.5. The van der Waals surface area contributed by atoms with Gasteiger partial charge in [-0.05, 0) is 17.7 Å². The molecular weight excluding hydrogens is 250 g/mol. The van der Waals surface area contributed by atoms with Crippen molar-refractivity contribution in [3.63, 3.8) is 0 Å². The van der Waals surface area contributed by atoms with Crippen LogP contribution in [0.1, 0.15) is 24.5 Å². The first-order valence-corrected chi connectivity index (χ1v) is 6.12. The number of nitrogens with two attached hydrogens (primary N) is 1. The Hall–Kier alpha value is -1.79. The number of carbonyl (C=O) groups is 1. The van der Waals surface area contributed by atoms with E-state index in [1.54, 1.807) is 18.2 Å². The van der Waals surface area contributed by atoms with Crippen molar-refractivity contribution in [1.82, 2.24) is 0 Å². The summed E-state index contributed by atoms with van der Waals surface area (Å²) in [7, 11) is 0. The molecule has 0 saturated heterocycles. The average Bonchev–Trinajstić information content (AvgIpc) is 2.61. The Morgan fingerprint density at radius 2 is 1.95 bits per heavy atom. The van der Waals surface area contributed by atoms with Gasteiger partial charge in [0.25, 0.3) is 0 Å². The Bertz CT molecular complexity index is 462. The minimum Gasteiger partial charge on any atom is -0.490 e. The summed E-state index contributed by atoms with van der Waals surface area (Å²) < 4.78 is 11.0. The number of hydrogen-bond donors (Lipinski definition) is 3. The van der Waals surface area contributed by atoms with E-state index in [1.807, 2.05) is 0 Å². The van der Waals surface area contributed by atoms with Crippen LogP contribution in [0.25, 0.3) is 0 Å². The van der Waals surface area contributed by atoms with E-state index >= 15 is 0 Å². The van der Waals surface area contributed by atoms with Crippen LogP contribution in [0, 0.1) is 0 Å². The van der Waals surface area contributed by atoms with Crippen molar-refractivity contribution in [1.29, 1.82) is 0 Å². The molecule has 19 heavy (non-hydrogen) atoms. The lowest BCUT2D eigenvalue weighted by Gasteiger charge is -2.18. The van der Waals surface area contributed by atoms with Crippen molar-refractivity contribution in [2.45, 2.75) is 25.0 Å². The molecule has 2 rings (SSSR count). The summed E-state index contributed by atoms with van der Waals surface area (Å²) in [5.41, 5.74) is 5.44. The lowest BCUT2D eigenvalue weighted by atomic mass is 10.0. The number of aliphatic hydroxyl groups is 2. The maximum absolute atomic E-state index is 10.7. The summed E-state index contributed by atoms with van der Waals surface area (Å²) in [6.45, 7) is 1.12. The first-order valence-electron chi connectivity index (χ1n) is 6.12. The molecule has 6 heteroatoms. The van der Waals surface area contributed by atoms with Crippen LogP contribution in [-0.4, -0.2) is 35.4 Å². The number of primary amides is 1. The largest absolute Gasteiger partial charge is 0.490 e. The zero-order chi connectivity index (χ0) is 13.8. The third-order valence-electron chi connectivity index (χ3n) is 2.89. The molecule has 6 nitrogen and oxygen atoms in total. The molecule has 1 amide bonds. The van der Waals surface area contributed by atoms with E-state index in [0.29, 0.717) is 30.3 Å². The third kappa shape index (κ3) is 3.36. The van der Waals surface area contributed by atoms with Crippen molar-refractivity contribution in [2.75, 3.05) is 13.2 Å². The molecule has 0 aliphatic carbocycles. The molecule has 0 aromatic heterocycles. The maximum atomic E-state index is 10.7. The lowest BCUT2D eigenvalue weighted by Crippen LogP contribution is -2.25. The summed E-state index contributed by atoms with van der Waals surface area (Å²) in [6.07, 6.45) is -1.93. The number of rotatable bonds is 4. The van der Waals surface area contributed by atoms with Crippen LogP contribution in [0.5, 0.6) is 11.5 Å². The van der Waals surface area contributed by atoms with Gasteiger partial charge in [0.15, 0.2) is 11.5 Å². The van der Waals surface area contributed by atoms with E-state index < -0.39 is 18.1 Å². The summed E-state index contributed by atoms with van der Waals surface area (Å²) >= 11 is 0. The smallest absolute Gasteiger partial charge is 0.220 e. The van der Waals surface area contributed by atoms with E-state index in [4.69, 9.17) is 15.2 Å². The van der Waals surface area contributed by atoms with E-state index in [0.717, 1.165) is 6.42 Å². The second kappa shape index (κ2) is 5.90. The molecule has 104 valence electrons. The predicted molar refractivity (Wildman–Crippen MR) is 66.8 cm³/mol. The normalized spacial score (nSPS) is 17.4. The van der Waals surface area contributed by atoms with Crippen molar-refractivity contribution < 1.29 is 24.5 Å². The van der Waals surface area contributed by atoms with E-state index in [-0.39, 0.29) is 6.42 Å². The highest BCUT2D eigenvalue weighted by molar-refractivity contribution is 5.74. The number of hydrogen-bond acceptors (Lipinski definition) is 5. The summed E-state index contributed by atoms with van der Waals surface area (Å²) in [6, 6.07) is 4.91. The van der Waals surface area contributed by atoms with Crippen LogP contribution in [0.15, 0.2) is 18.2 Å². The Labute approximate surface area is 110 Å². The summed E-state index contributed by atoms with van der Waals surface area (Å²) in [5, 5.41) is 19.6. The van der Waals surface area contributed by atoms with Gasteiger partial charge in [0.2, 0.25) is 5.91 Å². The quantitative estimate of drug-likeness (QED) is 0.719. The highest BCUT2D eigenvalue weighted by Gasteiger charge is 2.22. The maximum Gasteiger partial charge on any atom is 0.220 e. The Morgan fingerprint density at radius 1 is 1.26 bits per heavy atom. The number of aliphatic hydroxyl groups excluding tert-OH is 2. The van der Waals surface area contributed by atoms with Gasteiger partial charge in [0, 0.05) is 6.42 Å². The van der Waals surface area contributed by atoms with E-state index in [2.05, 4.69) is 0 Å². The monoisotopic (exact) mass is 267 g/mol. The molecule has 2 unspecified atom stereocenters. The standard InChI is InChI=1S/C13H17NO5/c14-12(16)7-9(15)13(17)8-2-3-10-11(6-8)19-5-1-4-18-10/h2-3,6,9,13,15,17H,1,4-5,7H2,(H2,14,16). The summed E-state index contributed by atoms with van der Waals surface area (Å²) in [4.78, 5) is 10.7. The van der Waals surface area contributed by atoms with Gasteiger partial charge in [-0.15, -0.1) is 0 Å². The van der Waals surface area contributed by atoms with Crippen molar-refractivity contribution in [3.05, 3.63) is 23.8 Å². The fourth-order valence-corrected chi connectivity index (χ4v) is 1.90. The molecule has 1 heterocycles. The SMILES string of the molecule is NC(=O)CC(O)C(O)c1ccc2c(c1)OCCCO2. The molecule has 4 N–H and O–H groups in total. The van der Waals surface area contributed by atoms with Gasteiger partial charge >= 0.3 is 0 Å². The molecule has 1 aliphatic heterocycles. The molecule has 2 atom stereocenters. The molecule has 1 aliphatic rings. The minimum absolute atomic E-state index is 0.296. The lowest BCUT2D eigenvalue weighted by molar-refractivity contribution is -0.121. The first kappa shape index (κ1) is 13.6. The van der Waals surface area contributed by atoms with E-state index in [9.17, 15) is 15.0 Å². The topological polar surface area (TPSA) is 102 Å². The van der Waals surface area contributed by atoms with Gasteiger partial charge in [-0.2, -0.15) is 0 Å². The van der Waals surface area contributed by atoms with Gasteiger partial charge in [-0.3, -0.25) is 4.79 Å². The molecule has 0 radical (unpaired) electrons. The van der Waals surface area contributed by atoms with Crippen molar-refractivity contribution in [3.8, 4) is 11.5 Å². The number of amides is 1. The van der Waals surface area contributed by atoms with Gasteiger partial charge in [0.05, 0.1) is 25.7 Å². The van der Waals surface area contributed by atoms with Gasteiger partial charge in [-0.25, -0.2) is 0 Å². The van der Waals surface area contributed by atoms with Crippen molar-refractivity contribution in [2.24, 2.45) is 5.73 Å². The second-order valence-corrected chi connectivity index (χ2v) is 4.44. The predicted octanol–water partition coefficient (Wildman–Crippen LogP) is 0.118. The molecule has 0 bridgehead atoms. The van der Waals surface area contributed by atoms with Crippen LogP contribution in [-0.2, 0) is 4.79 Å². The van der Waals surface area contributed by atoms with Gasteiger partial charge < -0.3 is 25.4 Å². The molecule has 0 spiro atoms. The number of ether oxygens (including phenoxy) is 2. The second-order valence-electron chi connectivity index (χ2n) is 4.44. The Kier molecular flexibility index (Phi) is 4.24. The van der Waals surface area contributed by atoms with E-state index in [1.165, 1.54) is 0 Å². The molecular formula is C13H17NO5. The fourth-order valence-electron chi connectivity index (χ4n) is 1.90.